The van der Waals surface area contributed by atoms with Crippen LogP contribution in [0.1, 0.15) is 27.0 Å². The van der Waals surface area contributed by atoms with Crippen LogP contribution >= 0.6 is 0 Å². The normalized spacial score (nSPS) is 12.5. The summed E-state index contributed by atoms with van der Waals surface area (Å²) in [7, 11) is 3.18. The third-order valence-electron chi connectivity index (χ3n) is 5.08. The van der Waals surface area contributed by atoms with Gasteiger partial charge in [-0.25, -0.2) is 0 Å². The first-order valence-corrected chi connectivity index (χ1v) is 9.81. The average Bonchev–Trinajstić information content (AvgIpc) is 2.81. The maximum Gasteiger partial charge on any atom is 0.211 e. The molecule has 0 aliphatic carbocycles. The Bertz CT molecular complexity index is 1090. The van der Waals surface area contributed by atoms with Crippen molar-refractivity contribution in [1.29, 1.82) is 0 Å². The Labute approximate surface area is 175 Å². The third-order valence-corrected chi connectivity index (χ3v) is 5.08. The van der Waals surface area contributed by atoms with Gasteiger partial charge in [-0.15, -0.1) is 0 Å². The van der Waals surface area contributed by atoms with Crippen LogP contribution in [-0.4, -0.2) is 32.3 Å². The van der Waals surface area contributed by atoms with E-state index in [1.165, 1.54) is 0 Å². The first-order chi connectivity index (χ1) is 14.7. The summed E-state index contributed by atoms with van der Waals surface area (Å²) in [5.41, 5.74) is 3.88. The molecule has 0 saturated carbocycles. The lowest BCUT2D eigenvalue weighted by molar-refractivity contribution is 0.106. The number of nitrogens with zero attached hydrogens (tertiary/aromatic N) is 1. The second-order valence-corrected chi connectivity index (χ2v) is 6.98. The predicted molar refractivity (Wildman–Crippen MR) is 116 cm³/mol. The maximum absolute atomic E-state index is 13.2. The number of ether oxygens (including phenoxy) is 3. The highest BCUT2D eigenvalue weighted by Crippen LogP contribution is 2.34. The Morgan fingerprint density at radius 2 is 1.77 bits per heavy atom. The van der Waals surface area contributed by atoms with Crippen LogP contribution in [0.5, 0.6) is 17.2 Å². The Morgan fingerprint density at radius 3 is 2.53 bits per heavy atom. The molecule has 0 atom stereocenters. The minimum absolute atomic E-state index is 0.130. The van der Waals surface area contributed by atoms with Gasteiger partial charge in [0.25, 0.3) is 0 Å². The fourth-order valence-corrected chi connectivity index (χ4v) is 3.51. The molecule has 3 aromatic rings. The molecule has 30 heavy (non-hydrogen) atoms. The molecule has 5 heteroatoms. The van der Waals surface area contributed by atoms with Crippen molar-refractivity contribution in [3.8, 4) is 17.2 Å². The van der Waals surface area contributed by atoms with Gasteiger partial charge >= 0.3 is 0 Å². The van der Waals surface area contributed by atoms with E-state index in [1.807, 2.05) is 48.5 Å². The van der Waals surface area contributed by atoms with Crippen molar-refractivity contribution in [1.82, 2.24) is 0 Å². The van der Waals surface area contributed by atoms with Crippen LogP contribution in [0.3, 0.4) is 0 Å². The average molecular weight is 401 g/mol. The van der Waals surface area contributed by atoms with Crippen molar-refractivity contribution in [2.45, 2.75) is 13.0 Å². The van der Waals surface area contributed by atoms with Gasteiger partial charge in [0, 0.05) is 17.7 Å². The fourth-order valence-electron chi connectivity index (χ4n) is 3.51. The summed E-state index contributed by atoms with van der Waals surface area (Å²) < 4.78 is 16.8. The van der Waals surface area contributed by atoms with Crippen molar-refractivity contribution in [3.63, 3.8) is 0 Å². The molecule has 4 rings (SSSR count). The number of hydrogen-bond donors (Lipinski definition) is 0. The molecule has 3 aromatic carbocycles. The van der Waals surface area contributed by atoms with Crippen LogP contribution in [0.25, 0.3) is 0 Å². The highest BCUT2D eigenvalue weighted by molar-refractivity contribution is 6.52. The number of carbonyl (C=O) groups excluding carboxylic acids is 1. The lowest BCUT2D eigenvalue weighted by atomic mass is 9.92. The van der Waals surface area contributed by atoms with E-state index in [0.717, 1.165) is 23.1 Å². The highest BCUT2D eigenvalue weighted by Gasteiger charge is 2.24. The van der Waals surface area contributed by atoms with Gasteiger partial charge in [0.2, 0.25) is 5.78 Å². The largest absolute Gasteiger partial charge is 0.497 e. The van der Waals surface area contributed by atoms with Gasteiger partial charge in [-0.2, -0.15) is 0 Å². The molecule has 0 bridgehead atoms. The van der Waals surface area contributed by atoms with Crippen molar-refractivity contribution in [3.05, 3.63) is 89.0 Å². The molecule has 0 saturated heterocycles. The Kier molecular flexibility index (Phi) is 5.80. The Hall–Kier alpha value is -3.60. The standard InChI is InChI=1S/C25H23NO4/c1-28-20-10-6-9-19(13-20)25(27)24-21-15-22(29-2)23(14-18(21)11-12-26-24)30-16-17-7-4-3-5-8-17/h3-10,13-15H,11-12,16H2,1-2H3. The molecule has 0 fully saturated rings. The highest BCUT2D eigenvalue weighted by atomic mass is 16.5. The molecule has 152 valence electrons. The van der Waals surface area contributed by atoms with E-state index in [-0.39, 0.29) is 5.78 Å². The quantitative estimate of drug-likeness (QED) is 0.547. The first kappa shape index (κ1) is 19.7. The first-order valence-electron chi connectivity index (χ1n) is 9.81. The summed E-state index contributed by atoms with van der Waals surface area (Å²) in [5, 5.41) is 0. The number of benzene rings is 3. The van der Waals surface area contributed by atoms with Crippen LogP contribution in [0.2, 0.25) is 0 Å². The number of rotatable bonds is 7. The molecule has 0 radical (unpaired) electrons. The second-order valence-electron chi connectivity index (χ2n) is 6.98. The summed E-state index contributed by atoms with van der Waals surface area (Å²) in [6.07, 6.45) is 0.746. The van der Waals surface area contributed by atoms with Crippen molar-refractivity contribution in [2.24, 2.45) is 4.99 Å². The van der Waals surface area contributed by atoms with E-state index in [0.29, 0.717) is 41.7 Å². The van der Waals surface area contributed by atoms with E-state index in [2.05, 4.69) is 4.99 Å². The van der Waals surface area contributed by atoms with Crippen LogP contribution < -0.4 is 14.2 Å². The number of Topliss-reactive ketones (excluding diaryl/α,β-unsaturated/α-hetero) is 1. The van der Waals surface area contributed by atoms with E-state index in [4.69, 9.17) is 14.2 Å². The zero-order valence-corrected chi connectivity index (χ0v) is 17.1. The molecule has 5 nitrogen and oxygen atoms in total. The van der Waals surface area contributed by atoms with Gasteiger partial charge in [0.15, 0.2) is 11.5 Å². The topological polar surface area (TPSA) is 57.1 Å². The maximum atomic E-state index is 13.2. The van der Waals surface area contributed by atoms with Crippen LogP contribution in [0.15, 0.2) is 71.7 Å². The molecular weight excluding hydrogens is 378 g/mol. The van der Waals surface area contributed by atoms with Gasteiger partial charge < -0.3 is 14.2 Å². The van der Waals surface area contributed by atoms with E-state index < -0.39 is 0 Å². The molecule has 0 spiro atoms. The fraction of sp³-hybridized carbons (Fsp3) is 0.200. The van der Waals surface area contributed by atoms with Crippen molar-refractivity contribution < 1.29 is 19.0 Å². The second kappa shape index (κ2) is 8.82. The summed E-state index contributed by atoms with van der Waals surface area (Å²) >= 11 is 0. The van der Waals surface area contributed by atoms with Crippen LogP contribution in [-0.2, 0) is 13.0 Å². The lowest BCUT2D eigenvalue weighted by Gasteiger charge is -2.20. The molecule has 1 heterocycles. The Balaban J connectivity index is 1.64. The van der Waals surface area contributed by atoms with Gasteiger partial charge in [-0.1, -0.05) is 42.5 Å². The monoisotopic (exact) mass is 401 g/mol. The number of hydrogen-bond acceptors (Lipinski definition) is 5. The number of ketones is 1. The minimum atomic E-state index is -0.130. The van der Waals surface area contributed by atoms with E-state index in [1.54, 1.807) is 32.4 Å². The Morgan fingerprint density at radius 1 is 0.933 bits per heavy atom. The molecule has 1 aliphatic rings. The summed E-state index contributed by atoms with van der Waals surface area (Å²) in [6, 6.07) is 20.9. The number of fused-ring (bicyclic) bond motifs is 1. The molecule has 0 amide bonds. The van der Waals surface area contributed by atoms with Crippen LogP contribution in [0.4, 0.5) is 0 Å². The van der Waals surface area contributed by atoms with Gasteiger partial charge in [-0.3, -0.25) is 9.79 Å². The third kappa shape index (κ3) is 4.06. The smallest absolute Gasteiger partial charge is 0.211 e. The summed E-state index contributed by atoms with van der Waals surface area (Å²) in [4.78, 5) is 17.7. The molecule has 0 aromatic heterocycles. The summed E-state index contributed by atoms with van der Waals surface area (Å²) in [5.74, 6) is 1.75. The summed E-state index contributed by atoms with van der Waals surface area (Å²) in [6.45, 7) is 1.00. The number of methoxy groups -OCH3 is 2. The number of aliphatic imine (C=N–C) groups is 1. The van der Waals surface area contributed by atoms with Gasteiger partial charge in [0.05, 0.1) is 14.2 Å². The lowest BCUT2D eigenvalue weighted by Crippen LogP contribution is -2.22. The van der Waals surface area contributed by atoms with E-state index in [9.17, 15) is 4.79 Å². The molecule has 0 N–H and O–H groups in total. The minimum Gasteiger partial charge on any atom is -0.497 e. The number of carbonyl (C=O) groups is 1. The molecular formula is C25H23NO4. The molecule has 1 aliphatic heterocycles. The van der Waals surface area contributed by atoms with Crippen LogP contribution in [0, 0.1) is 0 Å². The van der Waals surface area contributed by atoms with Crippen molar-refractivity contribution in [2.75, 3.05) is 20.8 Å². The predicted octanol–water partition coefficient (Wildman–Crippen LogP) is 4.51. The van der Waals surface area contributed by atoms with Gasteiger partial charge in [-0.05, 0) is 41.8 Å². The molecule has 0 unspecified atom stereocenters. The SMILES string of the molecule is COc1cccc(C(=O)C2=NCCc3cc(OCc4ccccc4)c(OC)cc32)c1. The zero-order chi connectivity index (χ0) is 20.9. The van der Waals surface area contributed by atoms with Gasteiger partial charge in [0.1, 0.15) is 18.1 Å². The van der Waals surface area contributed by atoms with E-state index >= 15 is 0 Å². The van der Waals surface area contributed by atoms with Crippen molar-refractivity contribution >= 4 is 11.5 Å². The zero-order valence-electron chi connectivity index (χ0n) is 17.1.